The van der Waals surface area contributed by atoms with Crippen molar-refractivity contribution in [2.24, 2.45) is 5.73 Å². The monoisotopic (exact) mass is 284 g/mol. The lowest BCUT2D eigenvalue weighted by Gasteiger charge is -2.31. The zero-order valence-electron chi connectivity index (χ0n) is 10.7. The van der Waals surface area contributed by atoms with E-state index in [4.69, 9.17) is 17.3 Å². The number of benzene rings is 1. The molecule has 0 spiro atoms. The minimum atomic E-state index is -0.709. The van der Waals surface area contributed by atoms with Gasteiger partial charge in [-0.15, -0.1) is 0 Å². The molecule has 0 unspecified atom stereocenters. The van der Waals surface area contributed by atoms with Crippen molar-refractivity contribution < 1.29 is 9.18 Å². The lowest BCUT2D eigenvalue weighted by Crippen LogP contribution is -2.40. The molecule has 0 aliphatic carbocycles. The molecule has 0 bridgehead atoms. The van der Waals surface area contributed by atoms with E-state index in [1.165, 1.54) is 0 Å². The van der Waals surface area contributed by atoms with Crippen LogP contribution in [-0.2, 0) is 4.79 Å². The third-order valence-corrected chi connectivity index (χ3v) is 3.83. The summed E-state index contributed by atoms with van der Waals surface area (Å²) in [5.74, 6) is -0.724. The van der Waals surface area contributed by atoms with E-state index in [9.17, 15) is 9.18 Å². The molecule has 1 aromatic rings. The molecular formula is C14H18ClFN2O. The zero-order valence-corrected chi connectivity index (χ0v) is 11.4. The molecule has 5 heteroatoms. The molecule has 0 radical (unpaired) electrons. The van der Waals surface area contributed by atoms with Gasteiger partial charge in [0.25, 0.3) is 0 Å². The molecular weight excluding hydrogens is 267 g/mol. The van der Waals surface area contributed by atoms with Crippen molar-refractivity contribution in [1.29, 1.82) is 0 Å². The van der Waals surface area contributed by atoms with E-state index in [0.717, 1.165) is 5.56 Å². The van der Waals surface area contributed by atoms with Crippen LogP contribution in [0.3, 0.4) is 0 Å². The number of nitrogens with zero attached hydrogens (tertiary/aromatic N) is 1. The predicted octanol–water partition coefficient (Wildman–Crippen LogP) is 2.34. The van der Waals surface area contributed by atoms with Crippen LogP contribution in [-0.4, -0.2) is 36.6 Å². The van der Waals surface area contributed by atoms with E-state index >= 15 is 0 Å². The normalized spacial score (nSPS) is 19.3. The number of halogens is 2. The highest BCUT2D eigenvalue weighted by atomic mass is 35.5. The minimum Gasteiger partial charge on any atom is -0.369 e. The second-order valence-electron chi connectivity index (χ2n) is 4.98. The van der Waals surface area contributed by atoms with Gasteiger partial charge in [0.15, 0.2) is 0 Å². The predicted molar refractivity (Wildman–Crippen MR) is 74.0 cm³/mol. The summed E-state index contributed by atoms with van der Waals surface area (Å²) in [6, 6.07) is 7.14. The van der Waals surface area contributed by atoms with Crippen molar-refractivity contribution >= 4 is 17.5 Å². The standard InChI is InChI=1S/C14H18ClFN2O/c15-11-3-1-10(2-4-11)13(14(17)19)9-18-7-5-12(16)6-8-18/h1-4,12-13H,5-9H2,(H2,17,19)/t13-/m1/s1. The van der Waals surface area contributed by atoms with Crippen molar-refractivity contribution in [3.63, 3.8) is 0 Å². The van der Waals surface area contributed by atoms with Crippen LogP contribution in [0.25, 0.3) is 0 Å². The number of likely N-dealkylation sites (tertiary alicyclic amines) is 1. The Labute approximate surface area is 117 Å². The van der Waals surface area contributed by atoms with Crippen molar-refractivity contribution in [3.05, 3.63) is 34.9 Å². The summed E-state index contributed by atoms with van der Waals surface area (Å²) >= 11 is 5.84. The summed E-state index contributed by atoms with van der Waals surface area (Å²) in [6.07, 6.45) is 0.358. The Morgan fingerprint density at radius 2 is 1.95 bits per heavy atom. The van der Waals surface area contributed by atoms with E-state index in [1.807, 2.05) is 12.1 Å². The van der Waals surface area contributed by atoms with Crippen LogP contribution >= 0.6 is 11.6 Å². The number of amides is 1. The van der Waals surface area contributed by atoms with Gasteiger partial charge in [-0.25, -0.2) is 4.39 Å². The summed E-state index contributed by atoms with van der Waals surface area (Å²) in [5, 5.41) is 0.630. The molecule has 2 rings (SSSR count). The first kappa shape index (κ1) is 14.3. The van der Waals surface area contributed by atoms with Gasteiger partial charge in [0.1, 0.15) is 6.17 Å². The van der Waals surface area contributed by atoms with E-state index in [1.54, 1.807) is 12.1 Å². The molecule has 19 heavy (non-hydrogen) atoms. The van der Waals surface area contributed by atoms with Gasteiger partial charge in [-0.2, -0.15) is 0 Å². The van der Waals surface area contributed by atoms with Gasteiger partial charge in [-0.1, -0.05) is 23.7 Å². The molecule has 1 aromatic carbocycles. The van der Waals surface area contributed by atoms with Crippen LogP contribution in [0.4, 0.5) is 4.39 Å². The molecule has 1 aliphatic heterocycles. The molecule has 1 heterocycles. The third kappa shape index (κ3) is 3.91. The number of carbonyl (C=O) groups is 1. The maximum atomic E-state index is 13.1. The summed E-state index contributed by atoms with van der Waals surface area (Å²) in [6.45, 7) is 1.90. The van der Waals surface area contributed by atoms with E-state index < -0.39 is 6.17 Å². The smallest absolute Gasteiger partial charge is 0.226 e. The Morgan fingerprint density at radius 3 is 2.47 bits per heavy atom. The molecule has 1 fully saturated rings. The maximum Gasteiger partial charge on any atom is 0.226 e. The highest BCUT2D eigenvalue weighted by Gasteiger charge is 2.25. The SMILES string of the molecule is NC(=O)[C@H](CN1CCC(F)CC1)c1ccc(Cl)cc1. The molecule has 1 atom stereocenters. The fourth-order valence-electron chi connectivity index (χ4n) is 2.40. The highest BCUT2D eigenvalue weighted by Crippen LogP contribution is 2.22. The number of hydrogen-bond donors (Lipinski definition) is 1. The van der Waals surface area contributed by atoms with Crippen LogP contribution in [0.15, 0.2) is 24.3 Å². The molecule has 3 nitrogen and oxygen atoms in total. The Bertz CT molecular complexity index is 430. The Hall–Kier alpha value is -1.13. The summed E-state index contributed by atoms with van der Waals surface area (Å²) in [5.41, 5.74) is 6.34. The van der Waals surface area contributed by atoms with Gasteiger partial charge in [0, 0.05) is 24.7 Å². The molecule has 2 N–H and O–H groups in total. The first-order valence-electron chi connectivity index (χ1n) is 6.47. The third-order valence-electron chi connectivity index (χ3n) is 3.57. The average Bonchev–Trinajstić information content (AvgIpc) is 2.39. The topological polar surface area (TPSA) is 46.3 Å². The molecule has 1 amide bonds. The van der Waals surface area contributed by atoms with Gasteiger partial charge in [-0.05, 0) is 30.5 Å². The van der Waals surface area contributed by atoms with Gasteiger partial charge >= 0.3 is 0 Å². The average molecular weight is 285 g/mol. The largest absolute Gasteiger partial charge is 0.369 e. The van der Waals surface area contributed by atoms with Gasteiger partial charge < -0.3 is 10.6 Å². The minimum absolute atomic E-state index is 0.357. The fourth-order valence-corrected chi connectivity index (χ4v) is 2.52. The van der Waals surface area contributed by atoms with Gasteiger partial charge in [0.2, 0.25) is 5.91 Å². The van der Waals surface area contributed by atoms with Crippen LogP contribution in [0.5, 0.6) is 0 Å². The van der Waals surface area contributed by atoms with Crippen LogP contribution in [0.2, 0.25) is 5.02 Å². The van der Waals surface area contributed by atoms with Crippen LogP contribution < -0.4 is 5.73 Å². The second kappa shape index (κ2) is 6.35. The number of piperidine rings is 1. The Balaban J connectivity index is 2.04. The van der Waals surface area contributed by atoms with Crippen molar-refractivity contribution in [2.75, 3.05) is 19.6 Å². The first-order chi connectivity index (χ1) is 9.06. The van der Waals surface area contributed by atoms with Gasteiger partial charge in [0.05, 0.1) is 5.92 Å². The van der Waals surface area contributed by atoms with Crippen molar-refractivity contribution in [2.45, 2.75) is 24.9 Å². The highest BCUT2D eigenvalue weighted by molar-refractivity contribution is 6.30. The van der Waals surface area contributed by atoms with E-state index in [2.05, 4.69) is 4.90 Å². The molecule has 0 aromatic heterocycles. The quantitative estimate of drug-likeness (QED) is 0.922. The number of carbonyl (C=O) groups excluding carboxylic acids is 1. The molecule has 104 valence electrons. The maximum absolute atomic E-state index is 13.1. The summed E-state index contributed by atoms with van der Waals surface area (Å²) in [4.78, 5) is 13.7. The number of alkyl halides is 1. The van der Waals surface area contributed by atoms with E-state index in [-0.39, 0.29) is 11.8 Å². The van der Waals surface area contributed by atoms with Crippen molar-refractivity contribution in [3.8, 4) is 0 Å². The zero-order chi connectivity index (χ0) is 13.8. The number of nitrogens with two attached hydrogens (primary N) is 1. The second-order valence-corrected chi connectivity index (χ2v) is 5.42. The molecule has 1 aliphatic rings. The Morgan fingerprint density at radius 1 is 1.37 bits per heavy atom. The summed E-state index contributed by atoms with van der Waals surface area (Å²) < 4.78 is 13.1. The van der Waals surface area contributed by atoms with Crippen LogP contribution in [0.1, 0.15) is 24.3 Å². The van der Waals surface area contributed by atoms with Crippen LogP contribution in [0, 0.1) is 0 Å². The van der Waals surface area contributed by atoms with E-state index in [0.29, 0.717) is 37.5 Å². The Kier molecular flexibility index (Phi) is 4.77. The van der Waals surface area contributed by atoms with Crippen molar-refractivity contribution in [1.82, 2.24) is 4.90 Å². The lowest BCUT2D eigenvalue weighted by atomic mass is 9.96. The molecule has 0 saturated carbocycles. The van der Waals surface area contributed by atoms with Gasteiger partial charge in [-0.3, -0.25) is 4.79 Å². The summed E-state index contributed by atoms with van der Waals surface area (Å²) in [7, 11) is 0. The lowest BCUT2D eigenvalue weighted by molar-refractivity contribution is -0.120. The number of rotatable bonds is 4. The number of primary amides is 1. The number of hydrogen-bond acceptors (Lipinski definition) is 2. The first-order valence-corrected chi connectivity index (χ1v) is 6.85. The molecule has 1 saturated heterocycles. The fraction of sp³-hybridized carbons (Fsp3) is 0.500.